The second-order valence-corrected chi connectivity index (χ2v) is 5.44. The summed E-state index contributed by atoms with van der Waals surface area (Å²) in [6, 6.07) is 12.7. The van der Waals surface area contributed by atoms with Crippen LogP contribution in [0.3, 0.4) is 0 Å². The molecule has 122 valence electrons. The Hall–Kier alpha value is -3.02. The highest BCUT2D eigenvalue weighted by molar-refractivity contribution is 6.08. The van der Waals surface area contributed by atoms with Gasteiger partial charge < -0.3 is 10.2 Å². The fourth-order valence-electron chi connectivity index (χ4n) is 2.47. The fraction of sp³-hybridized carbons (Fsp3) is 0.167. The Morgan fingerprint density at radius 3 is 2.75 bits per heavy atom. The zero-order valence-corrected chi connectivity index (χ0v) is 13.0. The van der Waals surface area contributed by atoms with Crippen LogP contribution in [0, 0.1) is 5.82 Å². The fourth-order valence-corrected chi connectivity index (χ4v) is 2.47. The molecule has 2 aromatic carbocycles. The van der Waals surface area contributed by atoms with E-state index < -0.39 is 12.0 Å². The minimum Gasteiger partial charge on any atom is -0.382 e. The number of halogens is 1. The quantitative estimate of drug-likeness (QED) is 0.878. The van der Waals surface area contributed by atoms with Crippen LogP contribution in [0.5, 0.6) is 0 Å². The molecule has 1 amide bonds. The molecule has 3 rings (SSSR count). The van der Waals surface area contributed by atoms with E-state index in [2.05, 4.69) is 10.5 Å². The van der Waals surface area contributed by atoms with Gasteiger partial charge in [-0.1, -0.05) is 29.4 Å². The highest BCUT2D eigenvalue weighted by Gasteiger charge is 2.29. The van der Waals surface area contributed by atoms with Gasteiger partial charge in [0.2, 0.25) is 6.10 Å². The SMILES string of the molecule is CC(=O)c1ccccc1NC(=O)[C@@H]1CC(c2cccc(F)c2)=NO1. The number of Topliss-reactive ketones (excluding diaryl/α,β-unsaturated/α-hetero) is 1. The van der Waals surface area contributed by atoms with Crippen LogP contribution < -0.4 is 5.32 Å². The van der Waals surface area contributed by atoms with E-state index in [9.17, 15) is 14.0 Å². The smallest absolute Gasteiger partial charge is 0.268 e. The summed E-state index contributed by atoms with van der Waals surface area (Å²) >= 11 is 0. The first-order valence-electron chi connectivity index (χ1n) is 7.44. The summed E-state index contributed by atoms with van der Waals surface area (Å²) in [4.78, 5) is 29.1. The standard InChI is InChI=1S/C18H15FN2O3/c1-11(22)14-7-2-3-8-15(14)20-18(23)17-10-16(21-24-17)12-5-4-6-13(19)9-12/h2-9,17H,10H2,1H3,(H,20,23)/t17-/m0/s1. The van der Waals surface area contributed by atoms with Crippen molar-refractivity contribution in [2.24, 2.45) is 5.16 Å². The molecule has 0 saturated carbocycles. The maximum Gasteiger partial charge on any atom is 0.268 e. The lowest BCUT2D eigenvalue weighted by atomic mass is 10.0. The largest absolute Gasteiger partial charge is 0.382 e. The molecule has 24 heavy (non-hydrogen) atoms. The number of ketones is 1. The first-order chi connectivity index (χ1) is 11.5. The summed E-state index contributed by atoms with van der Waals surface area (Å²) in [5, 5.41) is 6.56. The van der Waals surface area contributed by atoms with E-state index >= 15 is 0 Å². The number of oxime groups is 1. The molecule has 1 aliphatic heterocycles. The zero-order valence-electron chi connectivity index (χ0n) is 13.0. The molecule has 6 heteroatoms. The molecule has 0 bridgehead atoms. The number of amides is 1. The zero-order chi connectivity index (χ0) is 17.1. The first kappa shape index (κ1) is 15.9. The number of para-hydroxylation sites is 1. The normalized spacial score (nSPS) is 16.2. The Morgan fingerprint density at radius 1 is 1.21 bits per heavy atom. The molecule has 0 aliphatic carbocycles. The van der Waals surface area contributed by atoms with Crippen LogP contribution in [-0.4, -0.2) is 23.5 Å². The van der Waals surface area contributed by atoms with Gasteiger partial charge in [-0.15, -0.1) is 0 Å². The molecule has 0 unspecified atom stereocenters. The monoisotopic (exact) mass is 326 g/mol. The average Bonchev–Trinajstić information content (AvgIpc) is 3.05. The minimum absolute atomic E-state index is 0.144. The summed E-state index contributed by atoms with van der Waals surface area (Å²) in [5.41, 5.74) is 1.94. The van der Waals surface area contributed by atoms with E-state index in [1.807, 2.05) is 0 Å². The Kier molecular flexibility index (Phi) is 4.37. The number of hydrogen-bond donors (Lipinski definition) is 1. The molecule has 0 fully saturated rings. The Balaban J connectivity index is 1.69. The van der Waals surface area contributed by atoms with Crippen molar-refractivity contribution in [1.29, 1.82) is 0 Å². The second kappa shape index (κ2) is 6.62. The Labute approximate surface area is 138 Å². The van der Waals surface area contributed by atoms with Crippen molar-refractivity contribution in [3.8, 4) is 0 Å². The van der Waals surface area contributed by atoms with Crippen molar-refractivity contribution in [2.45, 2.75) is 19.4 Å². The van der Waals surface area contributed by atoms with E-state index in [1.54, 1.807) is 36.4 Å². The van der Waals surface area contributed by atoms with Gasteiger partial charge in [-0.25, -0.2) is 4.39 Å². The van der Waals surface area contributed by atoms with Gasteiger partial charge in [-0.05, 0) is 31.2 Å². The van der Waals surface area contributed by atoms with Gasteiger partial charge in [0, 0.05) is 17.5 Å². The van der Waals surface area contributed by atoms with Crippen molar-refractivity contribution < 1.29 is 18.8 Å². The van der Waals surface area contributed by atoms with E-state index in [0.717, 1.165) is 0 Å². The van der Waals surface area contributed by atoms with E-state index in [1.165, 1.54) is 19.1 Å². The van der Waals surface area contributed by atoms with E-state index in [0.29, 0.717) is 22.5 Å². The molecule has 1 N–H and O–H groups in total. The minimum atomic E-state index is -0.816. The Bertz CT molecular complexity index is 833. The summed E-state index contributed by atoms with van der Waals surface area (Å²) in [7, 11) is 0. The highest BCUT2D eigenvalue weighted by atomic mass is 19.1. The van der Waals surface area contributed by atoms with Crippen LogP contribution in [0.15, 0.2) is 53.7 Å². The van der Waals surface area contributed by atoms with E-state index in [-0.39, 0.29) is 18.0 Å². The molecule has 0 radical (unpaired) electrons. The molecule has 1 aliphatic rings. The van der Waals surface area contributed by atoms with Crippen LogP contribution in [0.25, 0.3) is 0 Å². The first-order valence-corrected chi connectivity index (χ1v) is 7.44. The molecule has 1 atom stereocenters. The molecule has 0 saturated heterocycles. The number of nitrogens with one attached hydrogen (secondary N) is 1. The van der Waals surface area contributed by atoms with Gasteiger partial charge in [-0.3, -0.25) is 9.59 Å². The predicted molar refractivity (Wildman–Crippen MR) is 87.5 cm³/mol. The molecule has 0 aromatic heterocycles. The van der Waals surface area contributed by atoms with Crippen molar-refractivity contribution in [3.63, 3.8) is 0 Å². The van der Waals surface area contributed by atoms with Gasteiger partial charge in [0.15, 0.2) is 5.78 Å². The number of hydrogen-bond acceptors (Lipinski definition) is 4. The highest BCUT2D eigenvalue weighted by Crippen LogP contribution is 2.21. The number of carbonyl (C=O) groups is 2. The molecule has 1 heterocycles. The summed E-state index contributed by atoms with van der Waals surface area (Å²) in [5.74, 6) is -0.924. The van der Waals surface area contributed by atoms with Crippen molar-refractivity contribution in [1.82, 2.24) is 0 Å². The topological polar surface area (TPSA) is 67.8 Å². The predicted octanol–water partition coefficient (Wildman–Crippen LogP) is 3.16. The van der Waals surface area contributed by atoms with Gasteiger partial charge in [0.1, 0.15) is 5.82 Å². The van der Waals surface area contributed by atoms with Gasteiger partial charge in [0.25, 0.3) is 5.91 Å². The maximum absolute atomic E-state index is 13.3. The van der Waals surface area contributed by atoms with Crippen molar-refractivity contribution >= 4 is 23.1 Å². The third kappa shape index (κ3) is 3.32. The third-order valence-electron chi connectivity index (χ3n) is 3.68. The summed E-state index contributed by atoms with van der Waals surface area (Å²) < 4.78 is 13.3. The van der Waals surface area contributed by atoms with Crippen LogP contribution in [0.1, 0.15) is 29.3 Å². The van der Waals surface area contributed by atoms with E-state index in [4.69, 9.17) is 4.84 Å². The molecule has 0 spiro atoms. The second-order valence-electron chi connectivity index (χ2n) is 5.44. The molecular weight excluding hydrogens is 311 g/mol. The Morgan fingerprint density at radius 2 is 2.00 bits per heavy atom. The van der Waals surface area contributed by atoms with Crippen molar-refractivity contribution in [2.75, 3.05) is 5.32 Å². The summed E-state index contributed by atoms with van der Waals surface area (Å²) in [6.07, 6.45) is -0.583. The lowest BCUT2D eigenvalue weighted by molar-refractivity contribution is -0.125. The lowest BCUT2D eigenvalue weighted by Gasteiger charge is -2.12. The number of nitrogens with zero attached hydrogens (tertiary/aromatic N) is 1. The average molecular weight is 326 g/mol. The van der Waals surface area contributed by atoms with Crippen LogP contribution in [-0.2, 0) is 9.63 Å². The van der Waals surface area contributed by atoms with Gasteiger partial charge in [-0.2, -0.15) is 0 Å². The van der Waals surface area contributed by atoms with Gasteiger partial charge >= 0.3 is 0 Å². The molecular formula is C18H15FN2O3. The van der Waals surface area contributed by atoms with Gasteiger partial charge in [0.05, 0.1) is 11.4 Å². The number of carbonyl (C=O) groups excluding carboxylic acids is 2. The van der Waals surface area contributed by atoms with Crippen LogP contribution >= 0.6 is 0 Å². The lowest BCUT2D eigenvalue weighted by Crippen LogP contribution is -2.28. The third-order valence-corrected chi connectivity index (χ3v) is 3.68. The molecule has 5 nitrogen and oxygen atoms in total. The number of benzene rings is 2. The van der Waals surface area contributed by atoms with Crippen LogP contribution in [0.4, 0.5) is 10.1 Å². The summed E-state index contributed by atoms with van der Waals surface area (Å²) in [6.45, 7) is 1.43. The molecule has 2 aromatic rings. The van der Waals surface area contributed by atoms with Crippen molar-refractivity contribution in [3.05, 3.63) is 65.5 Å². The number of rotatable bonds is 4. The van der Waals surface area contributed by atoms with Crippen LogP contribution in [0.2, 0.25) is 0 Å². The number of anilines is 1. The maximum atomic E-state index is 13.3.